The number of ether oxygens (including phenoxy) is 1. The van der Waals surface area contributed by atoms with Crippen LogP contribution in [0, 0.1) is 5.82 Å². The molecule has 6 heteroatoms. The van der Waals surface area contributed by atoms with E-state index in [0.29, 0.717) is 29.1 Å². The summed E-state index contributed by atoms with van der Waals surface area (Å²) in [5.74, 6) is 0.183. The predicted octanol–water partition coefficient (Wildman–Crippen LogP) is 4.75. The van der Waals surface area contributed by atoms with Gasteiger partial charge in [0.2, 0.25) is 0 Å². The molecule has 0 aliphatic carbocycles. The molecule has 2 heterocycles. The Kier molecular flexibility index (Phi) is 5.15. The molecule has 5 nitrogen and oxygen atoms in total. The van der Waals surface area contributed by atoms with Gasteiger partial charge in [0.05, 0.1) is 23.6 Å². The molecule has 0 spiro atoms. The Labute approximate surface area is 186 Å². The van der Waals surface area contributed by atoms with Gasteiger partial charge < -0.3 is 20.3 Å². The molecule has 0 unspecified atom stereocenters. The first-order valence-corrected chi connectivity index (χ1v) is 10.6. The predicted molar refractivity (Wildman–Crippen MR) is 125 cm³/mol. The zero-order chi connectivity index (χ0) is 22.2. The molecule has 2 aliphatic heterocycles. The van der Waals surface area contributed by atoms with Crippen LogP contribution in [-0.2, 0) is 17.8 Å². The normalized spacial score (nSPS) is 15.8. The van der Waals surface area contributed by atoms with Crippen molar-refractivity contribution in [2.24, 2.45) is 0 Å². The highest BCUT2D eigenvalue weighted by Gasteiger charge is 2.29. The third kappa shape index (κ3) is 3.85. The highest BCUT2D eigenvalue weighted by molar-refractivity contribution is 6.37. The van der Waals surface area contributed by atoms with Crippen LogP contribution in [0.3, 0.4) is 0 Å². The van der Waals surface area contributed by atoms with E-state index in [1.54, 1.807) is 6.07 Å². The standard InChI is InChI=1S/C26H24FN3O2/c1-30(2)15-16-3-8-20(9-4-16)28-25(18-6-5-17-11-12-32-23(17)13-18)24-21-10-7-19(27)14-22(21)29-26(24)31/h3-10,13-14,28H,11-12,15H2,1-2H3,(H,29,31). The quantitative estimate of drug-likeness (QED) is 0.575. The van der Waals surface area contributed by atoms with Crippen LogP contribution in [0.2, 0.25) is 0 Å². The van der Waals surface area contributed by atoms with Crippen LogP contribution in [0.4, 0.5) is 15.8 Å². The number of carbonyl (C=O) groups is 1. The summed E-state index contributed by atoms with van der Waals surface area (Å²) in [5, 5.41) is 6.24. The summed E-state index contributed by atoms with van der Waals surface area (Å²) >= 11 is 0. The van der Waals surface area contributed by atoms with Gasteiger partial charge in [0.1, 0.15) is 11.6 Å². The molecule has 3 aromatic carbocycles. The van der Waals surface area contributed by atoms with Crippen LogP contribution in [0.1, 0.15) is 22.3 Å². The third-order valence-corrected chi connectivity index (χ3v) is 5.68. The van der Waals surface area contributed by atoms with Crippen LogP contribution in [0.5, 0.6) is 5.75 Å². The Morgan fingerprint density at radius 3 is 2.69 bits per heavy atom. The Hall–Kier alpha value is -3.64. The fraction of sp³-hybridized carbons (Fsp3) is 0.192. The van der Waals surface area contributed by atoms with Crippen molar-refractivity contribution in [2.75, 3.05) is 31.3 Å². The molecule has 2 N–H and O–H groups in total. The van der Waals surface area contributed by atoms with Crippen molar-refractivity contribution in [3.8, 4) is 5.75 Å². The minimum Gasteiger partial charge on any atom is -0.493 e. The zero-order valence-electron chi connectivity index (χ0n) is 18.0. The van der Waals surface area contributed by atoms with E-state index in [1.807, 2.05) is 44.4 Å². The molecule has 0 saturated carbocycles. The van der Waals surface area contributed by atoms with Gasteiger partial charge in [-0.05, 0) is 61.6 Å². The first-order chi connectivity index (χ1) is 15.5. The number of benzene rings is 3. The van der Waals surface area contributed by atoms with E-state index in [0.717, 1.165) is 35.5 Å². The zero-order valence-corrected chi connectivity index (χ0v) is 18.0. The lowest BCUT2D eigenvalue weighted by Crippen LogP contribution is -2.11. The fourth-order valence-corrected chi connectivity index (χ4v) is 4.20. The van der Waals surface area contributed by atoms with E-state index in [2.05, 4.69) is 27.7 Å². The van der Waals surface area contributed by atoms with E-state index in [4.69, 9.17) is 4.74 Å². The molecule has 3 aromatic rings. The Morgan fingerprint density at radius 2 is 1.91 bits per heavy atom. The van der Waals surface area contributed by atoms with Crippen LogP contribution in [0.15, 0.2) is 60.7 Å². The summed E-state index contributed by atoms with van der Waals surface area (Å²) in [7, 11) is 4.06. The number of nitrogens with zero attached hydrogens (tertiary/aromatic N) is 1. The molecule has 2 aliphatic rings. The molecule has 0 aromatic heterocycles. The van der Waals surface area contributed by atoms with Crippen LogP contribution >= 0.6 is 0 Å². The van der Waals surface area contributed by atoms with Gasteiger partial charge in [0, 0.05) is 29.8 Å². The van der Waals surface area contributed by atoms with Gasteiger partial charge in [-0.2, -0.15) is 0 Å². The van der Waals surface area contributed by atoms with Crippen LogP contribution in [-0.4, -0.2) is 31.5 Å². The second-order valence-electron chi connectivity index (χ2n) is 8.37. The highest BCUT2D eigenvalue weighted by atomic mass is 19.1. The largest absolute Gasteiger partial charge is 0.493 e. The van der Waals surface area contributed by atoms with Crippen LogP contribution < -0.4 is 15.4 Å². The molecule has 1 amide bonds. The Morgan fingerprint density at radius 1 is 1.09 bits per heavy atom. The molecule has 0 radical (unpaired) electrons. The first-order valence-electron chi connectivity index (χ1n) is 10.6. The molecule has 5 rings (SSSR count). The van der Waals surface area contributed by atoms with Crippen LogP contribution in [0.25, 0.3) is 11.3 Å². The number of rotatable bonds is 5. The lowest BCUT2D eigenvalue weighted by Gasteiger charge is -2.16. The number of halogens is 1. The van der Waals surface area contributed by atoms with E-state index in [-0.39, 0.29) is 11.7 Å². The minimum absolute atomic E-state index is 0.265. The van der Waals surface area contributed by atoms with Crippen molar-refractivity contribution < 1.29 is 13.9 Å². The first kappa shape index (κ1) is 20.3. The number of carbonyl (C=O) groups excluding carboxylic acids is 1. The maximum atomic E-state index is 13.8. The molecule has 0 saturated heterocycles. The van der Waals surface area contributed by atoms with Crippen molar-refractivity contribution in [3.05, 3.63) is 88.7 Å². The Bertz CT molecular complexity index is 1230. The average molecular weight is 429 g/mol. The molecule has 162 valence electrons. The summed E-state index contributed by atoms with van der Waals surface area (Å²) in [6.07, 6.45) is 0.880. The van der Waals surface area contributed by atoms with Gasteiger partial charge >= 0.3 is 0 Å². The molecular formula is C26H24FN3O2. The number of amides is 1. The Balaban J connectivity index is 1.61. The van der Waals surface area contributed by atoms with Gasteiger partial charge in [0.15, 0.2) is 0 Å². The van der Waals surface area contributed by atoms with E-state index in [9.17, 15) is 9.18 Å². The maximum Gasteiger partial charge on any atom is 0.258 e. The number of anilines is 2. The number of hydrogen-bond acceptors (Lipinski definition) is 4. The van der Waals surface area contributed by atoms with Crippen molar-refractivity contribution in [1.82, 2.24) is 4.90 Å². The smallest absolute Gasteiger partial charge is 0.258 e. The highest BCUT2D eigenvalue weighted by Crippen LogP contribution is 2.39. The van der Waals surface area contributed by atoms with Gasteiger partial charge in [0.25, 0.3) is 5.91 Å². The number of hydrogen-bond donors (Lipinski definition) is 2. The summed E-state index contributed by atoms with van der Waals surface area (Å²) < 4.78 is 19.5. The van der Waals surface area contributed by atoms with E-state index in [1.165, 1.54) is 17.7 Å². The van der Waals surface area contributed by atoms with Gasteiger partial charge in [-0.1, -0.05) is 24.3 Å². The third-order valence-electron chi connectivity index (χ3n) is 5.68. The fourth-order valence-electron chi connectivity index (χ4n) is 4.20. The van der Waals surface area contributed by atoms with E-state index >= 15 is 0 Å². The van der Waals surface area contributed by atoms with E-state index < -0.39 is 0 Å². The number of nitrogens with one attached hydrogen (secondary N) is 2. The topological polar surface area (TPSA) is 53.6 Å². The SMILES string of the molecule is CN(C)Cc1ccc(NC(=C2C(=O)Nc3cc(F)ccc32)c2ccc3c(c2)OCC3)cc1. The summed E-state index contributed by atoms with van der Waals surface area (Å²) in [6, 6.07) is 18.5. The van der Waals surface area contributed by atoms with Crippen molar-refractivity contribution in [2.45, 2.75) is 13.0 Å². The minimum atomic E-state index is -0.387. The number of fused-ring (bicyclic) bond motifs is 2. The average Bonchev–Trinajstić information content (AvgIpc) is 3.35. The molecule has 0 atom stereocenters. The summed E-state index contributed by atoms with van der Waals surface area (Å²) in [4.78, 5) is 15.1. The van der Waals surface area contributed by atoms with Crippen molar-refractivity contribution in [1.29, 1.82) is 0 Å². The maximum absolute atomic E-state index is 13.8. The summed E-state index contributed by atoms with van der Waals surface area (Å²) in [6.45, 7) is 1.51. The van der Waals surface area contributed by atoms with Gasteiger partial charge in [-0.15, -0.1) is 0 Å². The van der Waals surface area contributed by atoms with Crippen molar-refractivity contribution >= 4 is 28.6 Å². The lowest BCUT2D eigenvalue weighted by molar-refractivity contribution is -0.110. The monoisotopic (exact) mass is 429 g/mol. The molecule has 0 fully saturated rings. The van der Waals surface area contributed by atoms with Crippen molar-refractivity contribution in [3.63, 3.8) is 0 Å². The second-order valence-corrected chi connectivity index (χ2v) is 8.37. The molecular weight excluding hydrogens is 405 g/mol. The lowest BCUT2D eigenvalue weighted by atomic mass is 9.98. The second kappa shape index (κ2) is 8.13. The molecule has 32 heavy (non-hydrogen) atoms. The molecule has 0 bridgehead atoms. The van der Waals surface area contributed by atoms with Gasteiger partial charge in [-0.3, -0.25) is 4.79 Å². The van der Waals surface area contributed by atoms with Gasteiger partial charge in [-0.25, -0.2) is 4.39 Å². The summed E-state index contributed by atoms with van der Waals surface area (Å²) in [5.41, 5.74) is 6.34.